The van der Waals surface area contributed by atoms with Crippen LogP contribution in [0.4, 0.5) is 11.4 Å². The van der Waals surface area contributed by atoms with Crippen LogP contribution in [0.1, 0.15) is 19.8 Å². The number of benzene rings is 1. The molecular formula is C14H14N4O3. The van der Waals surface area contributed by atoms with Gasteiger partial charge in [0.15, 0.2) is 0 Å². The Balaban J connectivity index is 1.79. The molecule has 0 radical (unpaired) electrons. The maximum Gasteiger partial charge on any atom is 0.269 e. The topological polar surface area (TPSA) is 88.2 Å². The van der Waals surface area contributed by atoms with Crippen molar-refractivity contribution in [1.82, 2.24) is 0 Å². The van der Waals surface area contributed by atoms with Crippen LogP contribution in [0.3, 0.4) is 0 Å². The Morgan fingerprint density at radius 1 is 1.38 bits per heavy atom. The molecule has 0 bridgehead atoms. The molecule has 1 saturated carbocycles. The number of hydrogen-bond acceptors (Lipinski definition) is 5. The molecule has 1 aromatic carbocycles. The van der Waals surface area contributed by atoms with Gasteiger partial charge in [0.2, 0.25) is 0 Å². The summed E-state index contributed by atoms with van der Waals surface area (Å²) in [5.41, 5.74) is 1.19. The van der Waals surface area contributed by atoms with E-state index in [1.54, 1.807) is 13.1 Å². The summed E-state index contributed by atoms with van der Waals surface area (Å²) < 4.78 is 0. The molecule has 1 amide bonds. The van der Waals surface area contributed by atoms with Crippen LogP contribution in [0.5, 0.6) is 0 Å². The van der Waals surface area contributed by atoms with Gasteiger partial charge < -0.3 is 0 Å². The number of carbonyl (C=O) groups excluding carboxylic acids is 1. The second kappa shape index (κ2) is 5.08. The average molecular weight is 286 g/mol. The van der Waals surface area contributed by atoms with E-state index in [0.29, 0.717) is 17.4 Å². The summed E-state index contributed by atoms with van der Waals surface area (Å²) in [4.78, 5) is 26.9. The van der Waals surface area contributed by atoms with Gasteiger partial charge in [-0.2, -0.15) is 10.1 Å². The Morgan fingerprint density at radius 2 is 2.05 bits per heavy atom. The number of hydrazone groups is 1. The summed E-state index contributed by atoms with van der Waals surface area (Å²) in [6, 6.07) is 6.12. The van der Waals surface area contributed by atoms with E-state index in [4.69, 9.17) is 0 Å². The van der Waals surface area contributed by atoms with Crippen molar-refractivity contribution >= 4 is 29.2 Å². The number of non-ortho nitro benzene ring substituents is 1. The van der Waals surface area contributed by atoms with Crippen LogP contribution >= 0.6 is 0 Å². The van der Waals surface area contributed by atoms with Crippen molar-refractivity contribution in [2.24, 2.45) is 16.0 Å². The molecule has 0 saturated heterocycles. The van der Waals surface area contributed by atoms with Crippen LogP contribution in [-0.4, -0.2) is 28.8 Å². The first-order valence-corrected chi connectivity index (χ1v) is 6.73. The number of rotatable bonds is 4. The van der Waals surface area contributed by atoms with E-state index in [-0.39, 0.29) is 11.6 Å². The number of hydrogen-bond donors (Lipinski definition) is 0. The molecule has 1 aromatic rings. The molecule has 0 unspecified atom stereocenters. The van der Waals surface area contributed by atoms with Crippen molar-refractivity contribution in [3.8, 4) is 0 Å². The van der Waals surface area contributed by atoms with Crippen molar-refractivity contribution in [3.05, 3.63) is 34.4 Å². The fraction of sp³-hybridized carbons (Fsp3) is 0.357. The van der Waals surface area contributed by atoms with Crippen molar-refractivity contribution in [1.29, 1.82) is 0 Å². The Bertz CT molecular complexity index is 647. The fourth-order valence-electron chi connectivity index (χ4n) is 2.08. The maximum atomic E-state index is 12.4. The number of nitro groups is 1. The highest BCUT2D eigenvalue weighted by Crippen LogP contribution is 2.27. The van der Waals surface area contributed by atoms with Crippen molar-refractivity contribution < 1.29 is 9.72 Å². The summed E-state index contributed by atoms with van der Waals surface area (Å²) in [6.07, 6.45) is 3.84. The van der Waals surface area contributed by atoms with E-state index >= 15 is 0 Å². The van der Waals surface area contributed by atoms with E-state index in [0.717, 1.165) is 12.8 Å². The van der Waals surface area contributed by atoms with E-state index in [1.165, 1.54) is 29.3 Å². The summed E-state index contributed by atoms with van der Waals surface area (Å²) in [6.45, 7) is 1.78. The molecule has 2 aliphatic rings. The number of nitro benzene ring substituents is 1. The van der Waals surface area contributed by atoms with Crippen LogP contribution in [0.2, 0.25) is 0 Å². The lowest BCUT2D eigenvalue weighted by molar-refractivity contribution is -0.384. The number of carbonyl (C=O) groups is 1. The molecule has 1 fully saturated rings. The van der Waals surface area contributed by atoms with Crippen LogP contribution in [0.15, 0.2) is 34.4 Å². The van der Waals surface area contributed by atoms with Crippen molar-refractivity contribution in [2.75, 3.05) is 5.01 Å². The normalized spacial score (nSPS) is 22.0. The van der Waals surface area contributed by atoms with Gasteiger partial charge in [0, 0.05) is 24.4 Å². The molecule has 1 heterocycles. The summed E-state index contributed by atoms with van der Waals surface area (Å²) in [5.74, 6) is -0.605. The number of nitrogens with zero attached hydrogens (tertiary/aromatic N) is 4. The highest BCUT2D eigenvalue weighted by Gasteiger charge is 2.34. The molecule has 7 nitrogen and oxygen atoms in total. The molecule has 0 aromatic heterocycles. The Morgan fingerprint density at radius 3 is 2.62 bits per heavy atom. The van der Waals surface area contributed by atoms with Gasteiger partial charge in [0.1, 0.15) is 5.92 Å². The Hall–Kier alpha value is -2.57. The van der Waals surface area contributed by atoms with Gasteiger partial charge >= 0.3 is 0 Å². The third-order valence-corrected chi connectivity index (χ3v) is 3.48. The maximum absolute atomic E-state index is 12.4. The van der Waals surface area contributed by atoms with Gasteiger partial charge in [-0.15, -0.1) is 0 Å². The van der Waals surface area contributed by atoms with Gasteiger partial charge in [-0.05, 0) is 31.9 Å². The van der Waals surface area contributed by atoms with Crippen molar-refractivity contribution in [2.45, 2.75) is 25.8 Å². The predicted molar refractivity (Wildman–Crippen MR) is 78.7 cm³/mol. The molecule has 7 heteroatoms. The second-order valence-corrected chi connectivity index (χ2v) is 5.17. The first-order valence-electron chi connectivity index (χ1n) is 6.73. The van der Waals surface area contributed by atoms with E-state index in [2.05, 4.69) is 10.1 Å². The minimum absolute atomic E-state index is 0.0158. The zero-order valence-electron chi connectivity index (χ0n) is 11.5. The van der Waals surface area contributed by atoms with Crippen LogP contribution in [-0.2, 0) is 4.79 Å². The molecule has 0 spiro atoms. The third-order valence-electron chi connectivity index (χ3n) is 3.48. The molecule has 1 aliphatic carbocycles. The first kappa shape index (κ1) is 13.4. The molecule has 0 N–H and O–H groups in total. The standard InChI is InChI=1S/C14H14N4O3/c1-9-13(8-15-10-2-3-10)14(19)17(16-9)11-4-6-12(7-5-11)18(20)21/h4-8,10,13H,2-3H2,1H3/t13-/m1/s1. The number of aliphatic imine (C=N–C) groups is 1. The lowest BCUT2D eigenvalue weighted by atomic mass is 10.1. The fourth-order valence-corrected chi connectivity index (χ4v) is 2.08. The highest BCUT2D eigenvalue weighted by atomic mass is 16.6. The van der Waals surface area contributed by atoms with Crippen LogP contribution in [0, 0.1) is 16.0 Å². The average Bonchev–Trinajstić information content (AvgIpc) is 3.24. The summed E-state index contributed by atoms with van der Waals surface area (Å²) in [5, 5.41) is 16.2. The zero-order chi connectivity index (χ0) is 15.0. The SMILES string of the molecule is CC1=NN(c2ccc([N+](=O)[O-])cc2)C(=O)[C@@H]1C=NC1CC1. The van der Waals surface area contributed by atoms with Gasteiger partial charge in [-0.25, -0.2) is 0 Å². The third kappa shape index (κ3) is 2.67. The number of anilines is 1. The number of amides is 1. The minimum Gasteiger partial charge on any atom is -0.293 e. The van der Waals surface area contributed by atoms with Crippen LogP contribution < -0.4 is 5.01 Å². The molecule has 108 valence electrons. The zero-order valence-corrected chi connectivity index (χ0v) is 11.5. The largest absolute Gasteiger partial charge is 0.293 e. The monoisotopic (exact) mass is 286 g/mol. The lowest BCUT2D eigenvalue weighted by Crippen LogP contribution is -2.28. The first-order chi connectivity index (χ1) is 10.1. The smallest absolute Gasteiger partial charge is 0.269 e. The molecular weight excluding hydrogens is 272 g/mol. The predicted octanol–water partition coefficient (Wildman–Crippen LogP) is 2.17. The molecule has 21 heavy (non-hydrogen) atoms. The Kier molecular flexibility index (Phi) is 3.25. The van der Waals surface area contributed by atoms with Gasteiger partial charge in [0.25, 0.3) is 11.6 Å². The summed E-state index contributed by atoms with van der Waals surface area (Å²) in [7, 11) is 0. The van der Waals surface area contributed by atoms with E-state index < -0.39 is 10.8 Å². The van der Waals surface area contributed by atoms with Gasteiger partial charge in [0.05, 0.1) is 16.3 Å². The molecule has 1 aliphatic heterocycles. The van der Waals surface area contributed by atoms with Gasteiger partial charge in [-0.1, -0.05) is 0 Å². The molecule has 3 rings (SSSR count). The second-order valence-electron chi connectivity index (χ2n) is 5.17. The van der Waals surface area contributed by atoms with Crippen LogP contribution in [0.25, 0.3) is 0 Å². The summed E-state index contributed by atoms with van der Waals surface area (Å²) >= 11 is 0. The van der Waals surface area contributed by atoms with Crippen molar-refractivity contribution in [3.63, 3.8) is 0 Å². The van der Waals surface area contributed by atoms with Gasteiger partial charge in [-0.3, -0.25) is 19.9 Å². The van der Waals surface area contributed by atoms with E-state index in [9.17, 15) is 14.9 Å². The minimum atomic E-state index is -0.477. The quantitative estimate of drug-likeness (QED) is 0.482. The highest BCUT2D eigenvalue weighted by molar-refractivity contribution is 6.23. The Labute approximate surface area is 121 Å². The molecule has 1 atom stereocenters. The van der Waals surface area contributed by atoms with E-state index in [1.807, 2.05) is 0 Å². The lowest BCUT2D eigenvalue weighted by Gasteiger charge is -2.12.